The zero-order chi connectivity index (χ0) is 19.9. The maximum atomic E-state index is 12.5. The fourth-order valence-corrected chi connectivity index (χ4v) is 3.65. The van der Waals surface area contributed by atoms with Crippen LogP contribution in [0.25, 0.3) is 6.08 Å². The summed E-state index contributed by atoms with van der Waals surface area (Å²) in [6, 6.07) is 13.5. The van der Waals surface area contributed by atoms with Gasteiger partial charge in [0.2, 0.25) is 5.91 Å². The third-order valence-electron chi connectivity index (χ3n) is 5.03. The highest BCUT2D eigenvalue weighted by atomic mass is 16.3. The fraction of sp³-hybridized carbons (Fsp3) is 0.261. The topological polar surface area (TPSA) is 71.3 Å². The lowest BCUT2D eigenvalue weighted by atomic mass is 9.91. The number of rotatable bonds is 6. The molecule has 1 amide bonds. The van der Waals surface area contributed by atoms with Gasteiger partial charge in [-0.3, -0.25) is 4.79 Å². The van der Waals surface area contributed by atoms with E-state index in [-0.39, 0.29) is 5.91 Å². The van der Waals surface area contributed by atoms with Gasteiger partial charge in [-0.25, -0.2) is 9.97 Å². The first-order valence-corrected chi connectivity index (χ1v) is 9.90. The largest absolute Gasteiger partial charge is 0.465 e. The van der Waals surface area contributed by atoms with E-state index in [9.17, 15) is 4.79 Å². The van der Waals surface area contributed by atoms with E-state index in [1.807, 2.05) is 47.5 Å². The second-order valence-electron chi connectivity index (χ2n) is 7.23. The van der Waals surface area contributed by atoms with Crippen LogP contribution in [-0.2, 0) is 11.2 Å². The Morgan fingerprint density at radius 2 is 2.10 bits per heavy atom. The molecule has 1 N–H and O–H groups in total. The Hall–Kier alpha value is -3.41. The molecule has 1 saturated heterocycles. The number of anilines is 2. The predicted octanol–water partition coefficient (Wildman–Crippen LogP) is 4.31. The van der Waals surface area contributed by atoms with E-state index in [4.69, 9.17) is 4.42 Å². The molecule has 6 nitrogen and oxygen atoms in total. The molecule has 29 heavy (non-hydrogen) atoms. The molecular formula is C23H24N4O2. The van der Waals surface area contributed by atoms with Crippen molar-refractivity contribution in [3.8, 4) is 0 Å². The molecule has 0 radical (unpaired) electrons. The number of carbonyl (C=O) groups excluding carboxylic acids is 1. The van der Waals surface area contributed by atoms with Gasteiger partial charge in [-0.15, -0.1) is 0 Å². The van der Waals surface area contributed by atoms with E-state index >= 15 is 0 Å². The van der Waals surface area contributed by atoms with E-state index < -0.39 is 0 Å². The van der Waals surface area contributed by atoms with Gasteiger partial charge < -0.3 is 14.6 Å². The standard InChI is InChI=1S/C23H24N4O2/c28-23(9-8-20-6-4-14-29-20)27-13-3-5-19(17-27)15-18-10-12-25-22(16-18)26-21-7-1-2-11-24-21/h1-2,4,6-12,14,16,19H,3,5,13,15,17H2,(H,24,25,26)/b9-8+/t19-/m0/s1. The van der Waals surface area contributed by atoms with E-state index in [0.29, 0.717) is 11.7 Å². The van der Waals surface area contributed by atoms with Gasteiger partial charge in [0, 0.05) is 31.6 Å². The SMILES string of the molecule is O=C(/C=C/c1ccco1)N1CCC[C@@H](Cc2ccnc(Nc3ccccn3)c2)C1. The number of piperidine rings is 1. The van der Waals surface area contributed by atoms with E-state index in [2.05, 4.69) is 21.4 Å². The van der Waals surface area contributed by atoms with Gasteiger partial charge >= 0.3 is 0 Å². The highest BCUT2D eigenvalue weighted by Crippen LogP contribution is 2.23. The van der Waals surface area contributed by atoms with Crippen LogP contribution in [0.3, 0.4) is 0 Å². The molecule has 0 aliphatic carbocycles. The van der Waals surface area contributed by atoms with Gasteiger partial charge in [0.05, 0.1) is 6.26 Å². The molecular weight excluding hydrogens is 364 g/mol. The summed E-state index contributed by atoms with van der Waals surface area (Å²) in [5, 5.41) is 3.23. The average Bonchev–Trinajstić information content (AvgIpc) is 3.27. The van der Waals surface area contributed by atoms with E-state index in [0.717, 1.165) is 44.0 Å². The van der Waals surface area contributed by atoms with E-state index in [1.165, 1.54) is 5.56 Å². The van der Waals surface area contributed by atoms with Crippen molar-refractivity contribution in [2.24, 2.45) is 5.92 Å². The second kappa shape index (κ2) is 9.19. The first-order valence-electron chi connectivity index (χ1n) is 9.90. The monoisotopic (exact) mass is 388 g/mol. The van der Waals surface area contributed by atoms with Crippen LogP contribution in [0.4, 0.5) is 11.6 Å². The second-order valence-corrected chi connectivity index (χ2v) is 7.23. The number of likely N-dealkylation sites (tertiary alicyclic amines) is 1. The zero-order valence-electron chi connectivity index (χ0n) is 16.2. The number of amides is 1. The molecule has 4 heterocycles. The summed E-state index contributed by atoms with van der Waals surface area (Å²) in [6.45, 7) is 1.58. The summed E-state index contributed by atoms with van der Waals surface area (Å²) in [6.07, 6.45) is 11.6. The van der Waals surface area contributed by atoms with Crippen LogP contribution < -0.4 is 5.32 Å². The van der Waals surface area contributed by atoms with Crippen molar-refractivity contribution in [1.29, 1.82) is 0 Å². The summed E-state index contributed by atoms with van der Waals surface area (Å²) in [7, 11) is 0. The Kier molecular flexibility index (Phi) is 6.00. The zero-order valence-corrected chi connectivity index (χ0v) is 16.2. The number of hydrogen-bond acceptors (Lipinski definition) is 5. The van der Waals surface area contributed by atoms with Crippen LogP contribution in [0.15, 0.2) is 71.6 Å². The average molecular weight is 388 g/mol. The number of hydrogen-bond donors (Lipinski definition) is 1. The molecule has 4 rings (SSSR count). The highest BCUT2D eigenvalue weighted by molar-refractivity contribution is 5.91. The maximum absolute atomic E-state index is 12.5. The van der Waals surface area contributed by atoms with Crippen molar-refractivity contribution in [2.45, 2.75) is 19.3 Å². The van der Waals surface area contributed by atoms with Crippen LogP contribution in [0, 0.1) is 5.92 Å². The van der Waals surface area contributed by atoms with E-state index in [1.54, 1.807) is 24.6 Å². The Morgan fingerprint density at radius 3 is 2.93 bits per heavy atom. The fourth-order valence-electron chi connectivity index (χ4n) is 3.65. The molecule has 0 saturated carbocycles. The number of carbonyl (C=O) groups is 1. The van der Waals surface area contributed by atoms with Crippen LogP contribution in [0.2, 0.25) is 0 Å². The third-order valence-corrected chi connectivity index (χ3v) is 5.03. The molecule has 0 spiro atoms. The highest BCUT2D eigenvalue weighted by Gasteiger charge is 2.22. The van der Waals surface area contributed by atoms with Crippen molar-refractivity contribution in [1.82, 2.24) is 14.9 Å². The molecule has 1 aliphatic rings. The Bertz CT molecular complexity index is 954. The van der Waals surface area contributed by atoms with Crippen molar-refractivity contribution < 1.29 is 9.21 Å². The lowest BCUT2D eigenvalue weighted by molar-refractivity contribution is -0.127. The minimum Gasteiger partial charge on any atom is -0.465 e. The molecule has 1 fully saturated rings. The molecule has 3 aromatic rings. The third kappa shape index (κ3) is 5.31. The molecule has 3 aromatic heterocycles. The quantitative estimate of drug-likeness (QED) is 0.637. The summed E-state index contributed by atoms with van der Waals surface area (Å²) in [5.74, 6) is 2.73. The molecule has 0 bridgehead atoms. The van der Waals surface area contributed by atoms with Crippen LogP contribution >= 0.6 is 0 Å². The van der Waals surface area contributed by atoms with Crippen LogP contribution in [0.1, 0.15) is 24.2 Å². The summed E-state index contributed by atoms with van der Waals surface area (Å²) >= 11 is 0. The molecule has 6 heteroatoms. The number of aromatic nitrogens is 2. The van der Waals surface area contributed by atoms with Gasteiger partial charge in [0.25, 0.3) is 0 Å². The number of pyridine rings is 2. The van der Waals surface area contributed by atoms with Gasteiger partial charge in [0.15, 0.2) is 0 Å². The molecule has 1 aliphatic heterocycles. The van der Waals surface area contributed by atoms with Gasteiger partial charge in [-0.2, -0.15) is 0 Å². The predicted molar refractivity (Wildman–Crippen MR) is 113 cm³/mol. The molecule has 0 unspecified atom stereocenters. The van der Waals surface area contributed by atoms with Gasteiger partial charge in [-0.05, 0) is 73.2 Å². The first-order chi connectivity index (χ1) is 14.3. The molecule has 148 valence electrons. The van der Waals surface area contributed by atoms with Crippen molar-refractivity contribution in [3.05, 3.63) is 78.5 Å². The summed E-state index contributed by atoms with van der Waals surface area (Å²) < 4.78 is 5.25. The van der Waals surface area contributed by atoms with Crippen LogP contribution in [-0.4, -0.2) is 33.9 Å². The van der Waals surface area contributed by atoms with Crippen LogP contribution in [0.5, 0.6) is 0 Å². The smallest absolute Gasteiger partial charge is 0.246 e. The molecule has 1 atom stereocenters. The minimum atomic E-state index is 0.0401. The lowest BCUT2D eigenvalue weighted by Crippen LogP contribution is -2.39. The van der Waals surface area contributed by atoms with Gasteiger partial charge in [0.1, 0.15) is 17.4 Å². The number of nitrogens with zero attached hydrogens (tertiary/aromatic N) is 3. The number of nitrogens with one attached hydrogen (secondary N) is 1. The Morgan fingerprint density at radius 1 is 1.17 bits per heavy atom. The minimum absolute atomic E-state index is 0.0401. The normalized spacial score (nSPS) is 16.8. The maximum Gasteiger partial charge on any atom is 0.246 e. The summed E-state index contributed by atoms with van der Waals surface area (Å²) in [5.41, 5.74) is 1.21. The Balaban J connectivity index is 1.35. The van der Waals surface area contributed by atoms with Crippen molar-refractivity contribution in [3.63, 3.8) is 0 Å². The molecule has 0 aromatic carbocycles. The number of furan rings is 1. The van der Waals surface area contributed by atoms with Crippen molar-refractivity contribution >= 4 is 23.6 Å². The summed E-state index contributed by atoms with van der Waals surface area (Å²) in [4.78, 5) is 23.1. The lowest BCUT2D eigenvalue weighted by Gasteiger charge is -2.32. The van der Waals surface area contributed by atoms with Crippen molar-refractivity contribution in [2.75, 3.05) is 18.4 Å². The Labute approximate surface area is 170 Å². The van der Waals surface area contributed by atoms with Gasteiger partial charge in [-0.1, -0.05) is 6.07 Å². The first kappa shape index (κ1) is 18.9.